The second-order valence-electron chi connectivity index (χ2n) is 6.50. The minimum atomic E-state index is -0.187. The fraction of sp³-hybridized carbons (Fsp3) is 0.929. The zero-order valence-corrected chi connectivity index (χ0v) is 10.5. The standard InChI is InChI=1S/C14H22O2/c1-8-4-10-5-11-6-12(7-13(10)11)14(8,3)16-9(2)15/h8,10-13H,4-7H2,1-3H3. The Balaban J connectivity index is 1.88. The summed E-state index contributed by atoms with van der Waals surface area (Å²) in [5.74, 6) is 3.89. The molecule has 6 unspecified atom stereocenters. The third-order valence-corrected chi connectivity index (χ3v) is 5.77. The number of carbonyl (C=O) groups is 1. The number of esters is 1. The third kappa shape index (κ3) is 1.28. The average Bonchev–Trinajstić information content (AvgIpc) is 2.47. The Bertz CT molecular complexity index is 325. The summed E-state index contributed by atoms with van der Waals surface area (Å²) in [6, 6.07) is 0. The van der Waals surface area contributed by atoms with Crippen molar-refractivity contribution < 1.29 is 9.53 Å². The lowest BCUT2D eigenvalue weighted by atomic mass is 9.62. The van der Waals surface area contributed by atoms with Crippen molar-refractivity contribution >= 4 is 5.97 Å². The van der Waals surface area contributed by atoms with Gasteiger partial charge in [0.2, 0.25) is 0 Å². The number of fused-ring (bicyclic) bond motifs is 1. The van der Waals surface area contributed by atoms with Crippen LogP contribution in [-0.4, -0.2) is 11.6 Å². The summed E-state index contributed by atoms with van der Waals surface area (Å²) in [5, 5.41) is 0. The molecule has 0 aromatic heterocycles. The molecule has 3 rings (SSSR count). The van der Waals surface area contributed by atoms with E-state index in [1.165, 1.54) is 25.7 Å². The highest BCUT2D eigenvalue weighted by Crippen LogP contribution is 2.62. The number of rotatable bonds is 1. The SMILES string of the molecule is CC(=O)OC1(C)C(C)CC2CC3CC1CC23. The summed E-state index contributed by atoms with van der Waals surface area (Å²) in [5.41, 5.74) is -0.187. The number of ether oxygens (including phenoxy) is 1. The molecule has 3 saturated carbocycles. The fourth-order valence-corrected chi connectivity index (χ4v) is 4.70. The Labute approximate surface area is 97.7 Å². The number of hydrogen-bond donors (Lipinski definition) is 0. The molecule has 0 radical (unpaired) electrons. The van der Waals surface area contributed by atoms with E-state index >= 15 is 0 Å². The first-order valence-electron chi connectivity index (χ1n) is 6.70. The molecule has 0 aromatic carbocycles. The molecule has 16 heavy (non-hydrogen) atoms. The van der Waals surface area contributed by atoms with Gasteiger partial charge in [-0.15, -0.1) is 0 Å². The molecule has 3 aliphatic rings. The van der Waals surface area contributed by atoms with Gasteiger partial charge in [-0.05, 0) is 62.2 Å². The predicted octanol–water partition coefficient (Wildman–Crippen LogP) is 3.01. The fourth-order valence-electron chi connectivity index (χ4n) is 4.70. The minimum Gasteiger partial charge on any atom is -0.459 e. The number of carbonyl (C=O) groups excluding carboxylic acids is 1. The van der Waals surface area contributed by atoms with Gasteiger partial charge in [0.25, 0.3) is 0 Å². The van der Waals surface area contributed by atoms with Crippen LogP contribution in [0.5, 0.6) is 0 Å². The zero-order chi connectivity index (χ0) is 11.5. The molecule has 0 spiro atoms. The topological polar surface area (TPSA) is 26.3 Å². The van der Waals surface area contributed by atoms with Crippen LogP contribution < -0.4 is 0 Å². The molecule has 3 fully saturated rings. The normalized spacial score (nSPS) is 54.1. The first-order chi connectivity index (χ1) is 7.50. The van der Waals surface area contributed by atoms with Crippen LogP contribution in [0.25, 0.3) is 0 Å². The van der Waals surface area contributed by atoms with Crippen molar-refractivity contribution in [3.8, 4) is 0 Å². The first kappa shape index (κ1) is 10.6. The second kappa shape index (κ2) is 3.24. The Morgan fingerprint density at radius 3 is 2.56 bits per heavy atom. The van der Waals surface area contributed by atoms with Crippen LogP contribution in [0.3, 0.4) is 0 Å². The maximum absolute atomic E-state index is 11.3. The van der Waals surface area contributed by atoms with E-state index in [1.54, 1.807) is 6.92 Å². The van der Waals surface area contributed by atoms with E-state index in [0.29, 0.717) is 11.8 Å². The van der Waals surface area contributed by atoms with Gasteiger partial charge in [0.05, 0.1) is 0 Å². The molecule has 2 nitrogen and oxygen atoms in total. The van der Waals surface area contributed by atoms with Crippen molar-refractivity contribution in [1.82, 2.24) is 0 Å². The summed E-state index contributed by atoms with van der Waals surface area (Å²) in [6.45, 7) is 6.00. The van der Waals surface area contributed by atoms with Crippen LogP contribution in [0.1, 0.15) is 46.5 Å². The van der Waals surface area contributed by atoms with E-state index in [1.807, 2.05) is 0 Å². The van der Waals surface area contributed by atoms with Gasteiger partial charge < -0.3 is 4.74 Å². The maximum Gasteiger partial charge on any atom is 0.303 e. The van der Waals surface area contributed by atoms with Crippen LogP contribution in [0, 0.1) is 29.6 Å². The van der Waals surface area contributed by atoms with Crippen molar-refractivity contribution in [3.05, 3.63) is 0 Å². The largest absolute Gasteiger partial charge is 0.459 e. The van der Waals surface area contributed by atoms with E-state index < -0.39 is 0 Å². The smallest absolute Gasteiger partial charge is 0.303 e. The summed E-state index contributed by atoms with van der Waals surface area (Å²) < 4.78 is 5.73. The summed E-state index contributed by atoms with van der Waals surface area (Å²) >= 11 is 0. The molecule has 3 aliphatic carbocycles. The Kier molecular flexibility index (Phi) is 2.15. The number of hydrogen-bond acceptors (Lipinski definition) is 2. The first-order valence-corrected chi connectivity index (χ1v) is 6.70. The molecule has 6 atom stereocenters. The summed E-state index contributed by atoms with van der Waals surface area (Å²) in [7, 11) is 0. The molecule has 0 saturated heterocycles. The van der Waals surface area contributed by atoms with Crippen molar-refractivity contribution in [3.63, 3.8) is 0 Å². The molecule has 90 valence electrons. The molecule has 2 heteroatoms. The van der Waals surface area contributed by atoms with Crippen LogP contribution in [0.15, 0.2) is 0 Å². The van der Waals surface area contributed by atoms with Gasteiger partial charge in [-0.1, -0.05) is 6.92 Å². The molecule has 0 amide bonds. The quantitative estimate of drug-likeness (QED) is 0.637. The van der Waals surface area contributed by atoms with Gasteiger partial charge in [-0.25, -0.2) is 0 Å². The van der Waals surface area contributed by atoms with E-state index in [0.717, 1.165) is 17.8 Å². The van der Waals surface area contributed by atoms with E-state index in [9.17, 15) is 4.79 Å². The molecular formula is C14H22O2. The van der Waals surface area contributed by atoms with Crippen LogP contribution in [0.4, 0.5) is 0 Å². The van der Waals surface area contributed by atoms with Gasteiger partial charge in [0.1, 0.15) is 5.60 Å². The van der Waals surface area contributed by atoms with E-state index in [2.05, 4.69) is 13.8 Å². The van der Waals surface area contributed by atoms with Crippen LogP contribution in [0.2, 0.25) is 0 Å². The lowest BCUT2D eigenvalue weighted by molar-refractivity contribution is -0.170. The highest BCUT2D eigenvalue weighted by atomic mass is 16.6. The highest BCUT2D eigenvalue weighted by Gasteiger charge is 2.58. The Morgan fingerprint density at radius 2 is 1.88 bits per heavy atom. The van der Waals surface area contributed by atoms with Gasteiger partial charge in [-0.3, -0.25) is 4.79 Å². The van der Waals surface area contributed by atoms with Crippen molar-refractivity contribution in [2.75, 3.05) is 0 Å². The van der Waals surface area contributed by atoms with Gasteiger partial charge in [-0.2, -0.15) is 0 Å². The molecule has 0 heterocycles. The van der Waals surface area contributed by atoms with E-state index in [-0.39, 0.29) is 11.6 Å². The average molecular weight is 222 g/mol. The highest BCUT2D eigenvalue weighted by molar-refractivity contribution is 5.66. The Morgan fingerprint density at radius 1 is 1.19 bits per heavy atom. The lowest BCUT2D eigenvalue weighted by Crippen LogP contribution is -2.46. The van der Waals surface area contributed by atoms with Crippen molar-refractivity contribution in [1.29, 1.82) is 0 Å². The van der Waals surface area contributed by atoms with Crippen molar-refractivity contribution in [2.24, 2.45) is 29.6 Å². The van der Waals surface area contributed by atoms with Crippen molar-refractivity contribution in [2.45, 2.75) is 52.1 Å². The maximum atomic E-state index is 11.3. The monoisotopic (exact) mass is 222 g/mol. The second-order valence-corrected chi connectivity index (χ2v) is 6.50. The molecule has 0 aromatic rings. The van der Waals surface area contributed by atoms with Crippen LogP contribution in [-0.2, 0) is 9.53 Å². The lowest BCUT2D eigenvalue weighted by Gasteiger charge is -2.46. The Hall–Kier alpha value is -0.530. The molecule has 0 N–H and O–H groups in total. The predicted molar refractivity (Wildman–Crippen MR) is 61.8 cm³/mol. The molecular weight excluding hydrogens is 200 g/mol. The van der Waals surface area contributed by atoms with E-state index in [4.69, 9.17) is 4.74 Å². The minimum absolute atomic E-state index is 0.103. The van der Waals surface area contributed by atoms with Gasteiger partial charge >= 0.3 is 5.97 Å². The molecule has 0 aliphatic heterocycles. The van der Waals surface area contributed by atoms with Crippen LogP contribution >= 0.6 is 0 Å². The molecule has 2 bridgehead atoms. The van der Waals surface area contributed by atoms with Gasteiger partial charge in [0.15, 0.2) is 0 Å². The zero-order valence-electron chi connectivity index (χ0n) is 10.5. The van der Waals surface area contributed by atoms with Gasteiger partial charge in [0, 0.05) is 6.92 Å². The third-order valence-electron chi connectivity index (χ3n) is 5.77. The summed E-state index contributed by atoms with van der Waals surface area (Å²) in [6.07, 6.45) is 5.32. The summed E-state index contributed by atoms with van der Waals surface area (Å²) in [4.78, 5) is 11.3.